The van der Waals surface area contributed by atoms with E-state index in [9.17, 15) is 9.18 Å². The van der Waals surface area contributed by atoms with Gasteiger partial charge in [-0.1, -0.05) is 44.6 Å². The molecule has 2 saturated heterocycles. The van der Waals surface area contributed by atoms with Gasteiger partial charge in [-0.25, -0.2) is 4.39 Å². The summed E-state index contributed by atoms with van der Waals surface area (Å²) in [4.78, 5) is 15.4. The lowest BCUT2D eigenvalue weighted by Gasteiger charge is -2.54. The minimum absolute atomic E-state index is 0.0104. The number of carbonyl (C=O) groups excluding carboxylic acids is 1. The molecule has 10 heteroatoms. The second-order valence-electron chi connectivity index (χ2n) is 12.2. The highest BCUT2D eigenvalue weighted by Gasteiger charge is 2.53. The highest BCUT2D eigenvalue weighted by atomic mass is 19.1. The van der Waals surface area contributed by atoms with Gasteiger partial charge in [0.2, 0.25) is 0 Å². The molecule has 3 unspecified atom stereocenters. The number of ether oxygens (including phenoxy) is 2. The number of rotatable bonds is 10. The van der Waals surface area contributed by atoms with Crippen LogP contribution in [0.5, 0.6) is 5.75 Å². The molecule has 1 saturated carbocycles. The van der Waals surface area contributed by atoms with E-state index in [1.54, 1.807) is 12.1 Å². The van der Waals surface area contributed by atoms with E-state index in [4.69, 9.17) is 15.2 Å². The predicted molar refractivity (Wildman–Crippen MR) is 168 cm³/mol. The molecule has 5 rings (SSSR count). The molecule has 9 nitrogen and oxygen atoms in total. The first-order chi connectivity index (χ1) is 21.0. The van der Waals surface area contributed by atoms with Gasteiger partial charge in [0.05, 0.1) is 26.5 Å². The number of benzene rings is 2. The Labute approximate surface area is 255 Å². The molecule has 3 fully saturated rings. The number of anilines is 1. The number of hydrogen-bond acceptors (Lipinski definition) is 8. The van der Waals surface area contributed by atoms with Crippen LogP contribution in [-0.2, 0) is 4.74 Å². The minimum Gasteiger partial charge on any atom is -0.494 e. The van der Waals surface area contributed by atoms with Crippen molar-refractivity contribution in [2.75, 3.05) is 51.8 Å². The van der Waals surface area contributed by atoms with Crippen molar-refractivity contribution >= 4 is 11.6 Å². The molecular formula is C33H49FN6O3. The van der Waals surface area contributed by atoms with Gasteiger partial charge < -0.3 is 25.8 Å². The number of methoxy groups -OCH3 is 1. The van der Waals surface area contributed by atoms with Crippen LogP contribution in [0.25, 0.3) is 0 Å². The van der Waals surface area contributed by atoms with Crippen LogP contribution in [0.3, 0.4) is 0 Å². The van der Waals surface area contributed by atoms with Crippen LogP contribution >= 0.6 is 0 Å². The van der Waals surface area contributed by atoms with Crippen molar-refractivity contribution in [3.63, 3.8) is 0 Å². The molecule has 2 aromatic carbocycles. The van der Waals surface area contributed by atoms with Gasteiger partial charge in [-0.3, -0.25) is 20.3 Å². The standard InChI is InChI=1S/C33H49FN6O3/c1-23-19-25(10-11-26(23)32(41)36-16-18-43-17-15-35)39-30-31-37-21-28(24-9-12-29(42-2)27(34)20-24)40(31)33(22-38-30)13-7-5-3-4-6-8-14-33/h9-12,19-20,28,30-31,37-39H,3-8,13-18,21-22,35H2,1-2H3,(H,36,41). The van der Waals surface area contributed by atoms with Crippen molar-refractivity contribution < 1.29 is 18.7 Å². The van der Waals surface area contributed by atoms with E-state index in [0.717, 1.165) is 42.7 Å². The van der Waals surface area contributed by atoms with Gasteiger partial charge >= 0.3 is 0 Å². The van der Waals surface area contributed by atoms with Crippen molar-refractivity contribution in [1.82, 2.24) is 20.9 Å². The molecule has 2 aromatic rings. The lowest BCUT2D eigenvalue weighted by atomic mass is 9.81. The largest absolute Gasteiger partial charge is 0.494 e. The average Bonchev–Trinajstić information content (AvgIpc) is 3.50. The lowest BCUT2D eigenvalue weighted by Crippen LogP contribution is -2.71. The van der Waals surface area contributed by atoms with Gasteiger partial charge in [-0.2, -0.15) is 0 Å². The molecule has 1 amide bonds. The molecule has 6 N–H and O–H groups in total. The Balaban J connectivity index is 1.35. The smallest absolute Gasteiger partial charge is 0.251 e. The summed E-state index contributed by atoms with van der Waals surface area (Å²) < 4.78 is 25.5. The van der Waals surface area contributed by atoms with Crippen molar-refractivity contribution in [3.8, 4) is 5.75 Å². The molecule has 1 aliphatic carbocycles. The molecule has 43 heavy (non-hydrogen) atoms. The Bertz CT molecular complexity index is 1220. The topological polar surface area (TPSA) is 113 Å². The SMILES string of the molecule is COc1ccc(C2CNC3C(Nc4ccc(C(=O)NCCOCCN)c(C)c4)NCC4(CCCCCCCC4)N23)cc1F. The van der Waals surface area contributed by atoms with Gasteiger partial charge in [0.25, 0.3) is 5.91 Å². The molecule has 0 aromatic heterocycles. The number of piperazine rings is 1. The Morgan fingerprint density at radius 1 is 1.07 bits per heavy atom. The fourth-order valence-electron chi connectivity index (χ4n) is 7.21. The van der Waals surface area contributed by atoms with Crippen LogP contribution < -0.4 is 31.7 Å². The van der Waals surface area contributed by atoms with E-state index in [1.165, 1.54) is 45.6 Å². The van der Waals surface area contributed by atoms with E-state index in [1.807, 2.05) is 31.2 Å². The second-order valence-corrected chi connectivity index (χ2v) is 12.2. The number of nitrogens with two attached hydrogens (primary N) is 1. The Hall–Kier alpha value is -2.76. The number of nitrogens with one attached hydrogen (secondary N) is 4. The average molecular weight is 597 g/mol. The van der Waals surface area contributed by atoms with Gasteiger partial charge in [-0.15, -0.1) is 0 Å². The summed E-state index contributed by atoms with van der Waals surface area (Å²) in [5.74, 6) is -0.160. The zero-order chi connectivity index (χ0) is 30.2. The van der Waals surface area contributed by atoms with Crippen LogP contribution in [0.4, 0.5) is 10.1 Å². The third kappa shape index (κ3) is 7.32. The number of amides is 1. The van der Waals surface area contributed by atoms with E-state index < -0.39 is 0 Å². The Kier molecular flexibility index (Phi) is 10.9. The van der Waals surface area contributed by atoms with Gasteiger partial charge in [0.15, 0.2) is 11.6 Å². The van der Waals surface area contributed by atoms with E-state index in [0.29, 0.717) is 31.9 Å². The summed E-state index contributed by atoms with van der Waals surface area (Å²) in [7, 11) is 1.50. The number of halogens is 1. The zero-order valence-corrected chi connectivity index (χ0v) is 25.7. The first kappa shape index (κ1) is 31.7. The van der Waals surface area contributed by atoms with Gasteiger partial charge in [-0.05, 0) is 61.2 Å². The maximum absolute atomic E-state index is 14.9. The highest BCUT2D eigenvalue weighted by Crippen LogP contribution is 2.44. The summed E-state index contributed by atoms with van der Waals surface area (Å²) in [5.41, 5.74) is 8.91. The molecule has 0 radical (unpaired) electrons. The number of aryl methyl sites for hydroxylation is 1. The van der Waals surface area contributed by atoms with E-state index in [-0.39, 0.29) is 41.4 Å². The number of fused-ring (bicyclic) bond motifs is 2. The monoisotopic (exact) mass is 596 g/mol. The third-order valence-electron chi connectivity index (χ3n) is 9.35. The van der Waals surface area contributed by atoms with E-state index in [2.05, 4.69) is 26.2 Å². The van der Waals surface area contributed by atoms with Crippen LogP contribution in [-0.4, -0.2) is 75.2 Å². The summed E-state index contributed by atoms with van der Waals surface area (Å²) in [6.45, 7) is 5.39. The highest BCUT2D eigenvalue weighted by molar-refractivity contribution is 5.96. The predicted octanol–water partition coefficient (Wildman–Crippen LogP) is 4.03. The van der Waals surface area contributed by atoms with Crippen LogP contribution in [0.1, 0.15) is 78.9 Å². The molecular weight excluding hydrogens is 547 g/mol. The van der Waals surface area contributed by atoms with Crippen LogP contribution in [0.15, 0.2) is 36.4 Å². The number of nitrogens with zero attached hydrogens (tertiary/aromatic N) is 1. The first-order valence-corrected chi connectivity index (χ1v) is 16.0. The van der Waals surface area contributed by atoms with Crippen molar-refractivity contribution in [2.24, 2.45) is 5.73 Å². The molecule has 3 atom stereocenters. The van der Waals surface area contributed by atoms with Crippen molar-refractivity contribution in [3.05, 3.63) is 58.9 Å². The first-order valence-electron chi connectivity index (χ1n) is 16.0. The summed E-state index contributed by atoms with van der Waals surface area (Å²) in [5, 5.41) is 14.3. The number of carbonyl (C=O) groups is 1. The summed E-state index contributed by atoms with van der Waals surface area (Å²) in [6.07, 6.45) is 9.74. The molecule has 2 aliphatic heterocycles. The quantitative estimate of drug-likeness (QED) is 0.262. The maximum atomic E-state index is 14.9. The zero-order valence-electron chi connectivity index (χ0n) is 25.7. The minimum atomic E-state index is -0.320. The summed E-state index contributed by atoms with van der Waals surface area (Å²) in [6, 6.07) is 11.3. The Morgan fingerprint density at radius 3 is 2.53 bits per heavy atom. The Morgan fingerprint density at radius 2 is 1.84 bits per heavy atom. The molecule has 236 valence electrons. The van der Waals surface area contributed by atoms with E-state index >= 15 is 0 Å². The maximum Gasteiger partial charge on any atom is 0.251 e. The lowest BCUT2D eigenvalue weighted by molar-refractivity contribution is -0.0255. The molecule has 0 bridgehead atoms. The molecule has 2 heterocycles. The summed E-state index contributed by atoms with van der Waals surface area (Å²) >= 11 is 0. The molecule has 3 aliphatic rings. The normalized spacial score (nSPS) is 24.0. The molecule has 1 spiro atoms. The van der Waals surface area contributed by atoms with Gasteiger partial charge in [0.1, 0.15) is 6.17 Å². The third-order valence-corrected chi connectivity index (χ3v) is 9.35. The van der Waals surface area contributed by atoms with Gasteiger partial charge in [0, 0.05) is 49.0 Å². The van der Waals surface area contributed by atoms with Crippen LogP contribution in [0.2, 0.25) is 0 Å². The van der Waals surface area contributed by atoms with Crippen molar-refractivity contribution in [1.29, 1.82) is 0 Å². The van der Waals surface area contributed by atoms with Crippen molar-refractivity contribution in [2.45, 2.75) is 82.2 Å². The fourth-order valence-corrected chi connectivity index (χ4v) is 7.21. The fraction of sp³-hybridized carbons (Fsp3) is 0.606. The number of hydrogen-bond donors (Lipinski definition) is 5. The second kappa shape index (κ2) is 14.8. The van der Waals surface area contributed by atoms with Crippen LogP contribution in [0, 0.1) is 12.7 Å².